The second kappa shape index (κ2) is 9.73. The maximum absolute atomic E-state index is 12.7. The van der Waals surface area contributed by atoms with Crippen LogP contribution in [0.5, 0.6) is 0 Å². The van der Waals surface area contributed by atoms with Gasteiger partial charge in [0, 0.05) is 32.2 Å². The van der Waals surface area contributed by atoms with Crippen LogP contribution in [0.4, 0.5) is 4.79 Å². The Balaban J connectivity index is 1.52. The maximum atomic E-state index is 12.7. The molecule has 0 bridgehead atoms. The van der Waals surface area contributed by atoms with Crippen molar-refractivity contribution in [1.29, 1.82) is 0 Å². The summed E-state index contributed by atoms with van der Waals surface area (Å²) in [5.41, 5.74) is 2.41. The highest BCUT2D eigenvalue weighted by Gasteiger charge is 2.29. The Labute approximate surface area is 170 Å². The van der Waals surface area contributed by atoms with Crippen molar-refractivity contribution in [3.8, 4) is 0 Å². The van der Waals surface area contributed by atoms with Crippen LogP contribution < -0.4 is 16.0 Å². The number of nitrogens with zero attached hydrogens (tertiary/aromatic N) is 1. The van der Waals surface area contributed by atoms with Gasteiger partial charge in [0.25, 0.3) is 5.91 Å². The zero-order chi connectivity index (χ0) is 20.6. The van der Waals surface area contributed by atoms with E-state index in [0.717, 1.165) is 17.5 Å². The van der Waals surface area contributed by atoms with E-state index in [9.17, 15) is 14.4 Å². The fourth-order valence-electron chi connectivity index (χ4n) is 3.39. The molecule has 29 heavy (non-hydrogen) atoms. The van der Waals surface area contributed by atoms with Crippen LogP contribution in [0.2, 0.25) is 0 Å². The van der Waals surface area contributed by atoms with E-state index in [1.54, 1.807) is 30.1 Å². The smallest absolute Gasteiger partial charge is 0.315 e. The maximum Gasteiger partial charge on any atom is 0.315 e. The van der Waals surface area contributed by atoms with E-state index in [1.807, 2.05) is 36.4 Å². The molecule has 0 saturated carbocycles. The van der Waals surface area contributed by atoms with Gasteiger partial charge in [-0.15, -0.1) is 0 Å². The Bertz CT molecular complexity index is 869. The average Bonchev–Trinajstić information content (AvgIpc) is 2.75. The molecule has 0 radical (unpaired) electrons. The number of carbonyl (C=O) groups excluding carboxylic acids is 3. The second-order valence-corrected chi connectivity index (χ2v) is 7.05. The van der Waals surface area contributed by atoms with Crippen LogP contribution in [0.25, 0.3) is 0 Å². The lowest BCUT2D eigenvalue weighted by molar-refractivity contribution is -0.136. The van der Waals surface area contributed by atoms with E-state index in [0.29, 0.717) is 25.1 Å². The highest BCUT2D eigenvalue weighted by molar-refractivity contribution is 5.94. The van der Waals surface area contributed by atoms with Crippen LogP contribution >= 0.6 is 0 Å². The Morgan fingerprint density at radius 2 is 1.83 bits per heavy atom. The standard InChI is InChI=1S/C22H26N4O3/c1-23-20(27)18-10-5-9-17(13-18)14-24-22(29)25-19-11-6-12-26(21(19)28)15-16-7-3-2-4-8-16/h2-5,7-10,13,19H,6,11-12,14-15H2,1H3,(H,23,27)(H2,24,25,29). The van der Waals surface area contributed by atoms with Crippen LogP contribution in [0.3, 0.4) is 0 Å². The molecule has 1 heterocycles. The van der Waals surface area contributed by atoms with Gasteiger partial charge in [0.2, 0.25) is 5.91 Å². The number of hydrogen-bond donors (Lipinski definition) is 3. The zero-order valence-electron chi connectivity index (χ0n) is 16.5. The fourth-order valence-corrected chi connectivity index (χ4v) is 3.39. The third kappa shape index (κ3) is 5.57. The summed E-state index contributed by atoms with van der Waals surface area (Å²) in [7, 11) is 1.57. The molecule has 7 heteroatoms. The van der Waals surface area contributed by atoms with Gasteiger partial charge in [-0.25, -0.2) is 4.79 Å². The first-order valence-electron chi connectivity index (χ1n) is 9.75. The van der Waals surface area contributed by atoms with Crippen molar-refractivity contribution < 1.29 is 14.4 Å². The SMILES string of the molecule is CNC(=O)c1cccc(CNC(=O)NC2CCCN(Cc3ccccc3)C2=O)c1. The summed E-state index contributed by atoms with van der Waals surface area (Å²) in [6, 6.07) is 16.0. The van der Waals surface area contributed by atoms with E-state index in [2.05, 4.69) is 16.0 Å². The molecule has 7 nitrogen and oxygen atoms in total. The molecule has 1 fully saturated rings. The Morgan fingerprint density at radius 1 is 1.07 bits per heavy atom. The minimum absolute atomic E-state index is 0.0585. The summed E-state index contributed by atoms with van der Waals surface area (Å²) < 4.78 is 0. The van der Waals surface area contributed by atoms with Gasteiger partial charge in [-0.05, 0) is 36.1 Å². The molecule has 1 saturated heterocycles. The molecule has 0 aromatic heterocycles. The van der Waals surface area contributed by atoms with Gasteiger partial charge in [0.1, 0.15) is 6.04 Å². The molecule has 152 valence electrons. The highest BCUT2D eigenvalue weighted by Crippen LogP contribution is 2.15. The quantitative estimate of drug-likeness (QED) is 0.700. The Hall–Kier alpha value is -3.35. The predicted octanol–water partition coefficient (Wildman–Crippen LogP) is 2.04. The monoisotopic (exact) mass is 394 g/mol. The van der Waals surface area contributed by atoms with Crippen LogP contribution in [0.15, 0.2) is 54.6 Å². The van der Waals surface area contributed by atoms with Gasteiger partial charge in [-0.3, -0.25) is 9.59 Å². The summed E-state index contributed by atoms with van der Waals surface area (Å²) in [6.45, 7) is 1.51. The minimum Gasteiger partial charge on any atom is -0.355 e. The number of carbonyl (C=O) groups is 3. The van der Waals surface area contributed by atoms with E-state index >= 15 is 0 Å². The minimum atomic E-state index is -0.523. The number of benzene rings is 2. The lowest BCUT2D eigenvalue weighted by Gasteiger charge is -2.32. The van der Waals surface area contributed by atoms with Gasteiger partial charge in [0.05, 0.1) is 0 Å². The normalized spacial score (nSPS) is 16.2. The van der Waals surface area contributed by atoms with Crippen molar-refractivity contribution in [3.63, 3.8) is 0 Å². The number of rotatable bonds is 6. The Morgan fingerprint density at radius 3 is 2.59 bits per heavy atom. The zero-order valence-corrected chi connectivity index (χ0v) is 16.5. The molecule has 3 N–H and O–H groups in total. The number of nitrogens with one attached hydrogen (secondary N) is 3. The fraction of sp³-hybridized carbons (Fsp3) is 0.318. The molecule has 1 aliphatic rings. The molecule has 1 aliphatic heterocycles. The van der Waals surface area contributed by atoms with Gasteiger partial charge in [0.15, 0.2) is 0 Å². The number of amides is 4. The molecule has 4 amide bonds. The summed E-state index contributed by atoms with van der Waals surface area (Å²) >= 11 is 0. The summed E-state index contributed by atoms with van der Waals surface area (Å²) in [6.07, 6.45) is 1.47. The molecular weight excluding hydrogens is 368 g/mol. The van der Waals surface area contributed by atoms with Crippen LogP contribution in [-0.2, 0) is 17.9 Å². The molecule has 1 unspecified atom stereocenters. The largest absolute Gasteiger partial charge is 0.355 e. The summed E-state index contributed by atoms with van der Waals surface area (Å²) in [5.74, 6) is -0.237. The molecule has 2 aromatic carbocycles. The first-order valence-corrected chi connectivity index (χ1v) is 9.75. The predicted molar refractivity (Wildman–Crippen MR) is 110 cm³/mol. The topological polar surface area (TPSA) is 90.5 Å². The molecule has 1 atom stereocenters. The number of likely N-dealkylation sites (tertiary alicyclic amines) is 1. The lowest BCUT2D eigenvalue weighted by Crippen LogP contribution is -2.53. The first-order chi connectivity index (χ1) is 14.1. The van der Waals surface area contributed by atoms with Crippen molar-refractivity contribution in [3.05, 3.63) is 71.3 Å². The second-order valence-electron chi connectivity index (χ2n) is 7.05. The first kappa shape index (κ1) is 20.4. The number of urea groups is 1. The van der Waals surface area contributed by atoms with Gasteiger partial charge in [-0.2, -0.15) is 0 Å². The Kier molecular flexibility index (Phi) is 6.84. The molecular formula is C22H26N4O3. The van der Waals surface area contributed by atoms with Gasteiger partial charge < -0.3 is 20.9 Å². The highest BCUT2D eigenvalue weighted by atomic mass is 16.2. The van der Waals surface area contributed by atoms with E-state index in [-0.39, 0.29) is 18.4 Å². The van der Waals surface area contributed by atoms with Crippen molar-refractivity contribution in [2.24, 2.45) is 0 Å². The van der Waals surface area contributed by atoms with Gasteiger partial charge in [-0.1, -0.05) is 42.5 Å². The summed E-state index contributed by atoms with van der Waals surface area (Å²) in [4.78, 5) is 38.5. The average molecular weight is 394 g/mol. The lowest BCUT2D eigenvalue weighted by atomic mass is 10.0. The van der Waals surface area contributed by atoms with Crippen LogP contribution in [0.1, 0.15) is 34.3 Å². The third-order valence-corrected chi connectivity index (χ3v) is 4.92. The third-order valence-electron chi connectivity index (χ3n) is 4.92. The van der Waals surface area contributed by atoms with Crippen LogP contribution in [-0.4, -0.2) is 42.4 Å². The molecule has 0 aliphatic carbocycles. The molecule has 2 aromatic rings. The number of hydrogen-bond acceptors (Lipinski definition) is 3. The van der Waals surface area contributed by atoms with Crippen LogP contribution in [0, 0.1) is 0 Å². The van der Waals surface area contributed by atoms with E-state index in [4.69, 9.17) is 0 Å². The van der Waals surface area contributed by atoms with E-state index in [1.165, 1.54) is 0 Å². The van der Waals surface area contributed by atoms with E-state index < -0.39 is 12.1 Å². The summed E-state index contributed by atoms with van der Waals surface area (Å²) in [5, 5.41) is 8.12. The number of piperidine rings is 1. The van der Waals surface area contributed by atoms with Crippen molar-refractivity contribution >= 4 is 17.8 Å². The van der Waals surface area contributed by atoms with Gasteiger partial charge >= 0.3 is 6.03 Å². The van der Waals surface area contributed by atoms with Crippen molar-refractivity contribution in [2.45, 2.75) is 32.0 Å². The van der Waals surface area contributed by atoms with Crippen molar-refractivity contribution in [1.82, 2.24) is 20.9 Å². The van der Waals surface area contributed by atoms with Crippen molar-refractivity contribution in [2.75, 3.05) is 13.6 Å². The molecule has 0 spiro atoms. The molecule has 3 rings (SSSR count).